The van der Waals surface area contributed by atoms with Crippen LogP contribution in [0.15, 0.2) is 55.0 Å². The lowest BCUT2D eigenvalue weighted by Gasteiger charge is -2.37. The molecule has 0 unspecified atom stereocenters. The van der Waals surface area contributed by atoms with Crippen molar-refractivity contribution in [1.29, 1.82) is 0 Å². The SMILES string of the molecule is CC(C)N1CCNC(=O)[C@@H]1CC(=O)NCc1cccc(-c2nn(C)cc2-c2ccncc2)c1. The number of nitrogens with zero attached hydrogens (tertiary/aromatic N) is 4. The molecule has 0 spiro atoms. The lowest BCUT2D eigenvalue weighted by Crippen LogP contribution is -2.58. The van der Waals surface area contributed by atoms with Crippen LogP contribution in [0, 0.1) is 0 Å². The van der Waals surface area contributed by atoms with Gasteiger partial charge in [0.1, 0.15) is 5.69 Å². The average molecular weight is 447 g/mol. The molecule has 33 heavy (non-hydrogen) atoms. The third-order valence-corrected chi connectivity index (χ3v) is 5.92. The molecule has 0 saturated carbocycles. The van der Waals surface area contributed by atoms with E-state index in [9.17, 15) is 9.59 Å². The quantitative estimate of drug-likeness (QED) is 0.581. The largest absolute Gasteiger partial charge is 0.353 e. The van der Waals surface area contributed by atoms with Crippen LogP contribution in [0.25, 0.3) is 22.4 Å². The van der Waals surface area contributed by atoms with Crippen molar-refractivity contribution < 1.29 is 9.59 Å². The van der Waals surface area contributed by atoms with Crippen LogP contribution in [0.4, 0.5) is 0 Å². The maximum Gasteiger partial charge on any atom is 0.237 e. The second-order valence-electron chi connectivity index (χ2n) is 8.62. The molecular formula is C25H30N6O2. The smallest absolute Gasteiger partial charge is 0.237 e. The van der Waals surface area contributed by atoms with Gasteiger partial charge in [0.05, 0.1) is 12.5 Å². The summed E-state index contributed by atoms with van der Waals surface area (Å²) in [5, 5.41) is 10.5. The van der Waals surface area contributed by atoms with E-state index in [1.54, 1.807) is 17.1 Å². The van der Waals surface area contributed by atoms with Crippen LogP contribution >= 0.6 is 0 Å². The first kappa shape index (κ1) is 22.7. The van der Waals surface area contributed by atoms with E-state index in [1.807, 2.05) is 63.5 Å². The summed E-state index contributed by atoms with van der Waals surface area (Å²) in [6, 6.07) is 11.7. The molecule has 2 amide bonds. The van der Waals surface area contributed by atoms with E-state index in [-0.39, 0.29) is 24.3 Å². The molecule has 1 aromatic carbocycles. The van der Waals surface area contributed by atoms with E-state index < -0.39 is 6.04 Å². The highest BCUT2D eigenvalue weighted by atomic mass is 16.2. The Morgan fingerprint density at radius 3 is 2.76 bits per heavy atom. The predicted molar refractivity (Wildman–Crippen MR) is 127 cm³/mol. The summed E-state index contributed by atoms with van der Waals surface area (Å²) in [6.45, 7) is 5.87. The Balaban J connectivity index is 1.45. The van der Waals surface area contributed by atoms with Crippen LogP contribution in [-0.4, -0.2) is 56.7 Å². The number of pyridine rings is 1. The van der Waals surface area contributed by atoms with Gasteiger partial charge < -0.3 is 10.6 Å². The van der Waals surface area contributed by atoms with Crippen LogP contribution in [-0.2, 0) is 23.2 Å². The van der Waals surface area contributed by atoms with Crippen LogP contribution in [0.5, 0.6) is 0 Å². The fraction of sp³-hybridized carbons (Fsp3) is 0.360. The molecule has 8 heteroatoms. The predicted octanol–water partition coefficient (Wildman–Crippen LogP) is 2.36. The summed E-state index contributed by atoms with van der Waals surface area (Å²) in [5.41, 5.74) is 4.90. The van der Waals surface area contributed by atoms with Crippen molar-refractivity contribution in [2.75, 3.05) is 13.1 Å². The minimum Gasteiger partial charge on any atom is -0.353 e. The molecule has 4 rings (SSSR count). The number of carbonyl (C=O) groups is 2. The van der Waals surface area contributed by atoms with Crippen molar-refractivity contribution in [3.63, 3.8) is 0 Å². The molecule has 0 bridgehead atoms. The van der Waals surface area contributed by atoms with Crippen molar-refractivity contribution in [3.05, 3.63) is 60.6 Å². The maximum atomic E-state index is 12.7. The molecule has 2 aromatic heterocycles. The number of aryl methyl sites for hydroxylation is 1. The van der Waals surface area contributed by atoms with Gasteiger partial charge in [-0.15, -0.1) is 0 Å². The summed E-state index contributed by atoms with van der Waals surface area (Å²) in [6.07, 6.45) is 5.68. The van der Waals surface area contributed by atoms with E-state index in [2.05, 4.69) is 25.6 Å². The number of rotatable bonds is 7. The summed E-state index contributed by atoms with van der Waals surface area (Å²) in [4.78, 5) is 31.2. The highest BCUT2D eigenvalue weighted by Crippen LogP contribution is 2.30. The number of carbonyl (C=O) groups excluding carboxylic acids is 2. The number of piperazine rings is 1. The van der Waals surface area contributed by atoms with Crippen LogP contribution < -0.4 is 10.6 Å². The summed E-state index contributed by atoms with van der Waals surface area (Å²) < 4.78 is 1.80. The van der Waals surface area contributed by atoms with E-state index in [1.165, 1.54) is 0 Å². The second kappa shape index (κ2) is 9.95. The average Bonchev–Trinajstić information content (AvgIpc) is 3.21. The van der Waals surface area contributed by atoms with Gasteiger partial charge in [-0.1, -0.05) is 18.2 Å². The van der Waals surface area contributed by atoms with E-state index in [0.29, 0.717) is 13.1 Å². The fourth-order valence-electron chi connectivity index (χ4n) is 4.28. The Kier molecular flexibility index (Phi) is 6.84. The van der Waals surface area contributed by atoms with Gasteiger partial charge in [0.25, 0.3) is 0 Å². The Morgan fingerprint density at radius 1 is 1.21 bits per heavy atom. The summed E-state index contributed by atoms with van der Waals surface area (Å²) in [5.74, 6) is -0.214. The van der Waals surface area contributed by atoms with Gasteiger partial charge in [-0.2, -0.15) is 5.10 Å². The Bertz CT molecular complexity index is 1120. The molecule has 1 saturated heterocycles. The van der Waals surface area contributed by atoms with Crippen molar-refractivity contribution >= 4 is 11.8 Å². The molecule has 3 aromatic rings. The monoisotopic (exact) mass is 446 g/mol. The van der Waals surface area contributed by atoms with E-state index in [0.717, 1.165) is 34.5 Å². The molecule has 8 nitrogen and oxygen atoms in total. The number of aromatic nitrogens is 3. The molecule has 0 aliphatic carbocycles. The Hall–Kier alpha value is -3.52. The van der Waals surface area contributed by atoms with Crippen molar-refractivity contribution in [1.82, 2.24) is 30.3 Å². The molecule has 0 radical (unpaired) electrons. The van der Waals surface area contributed by atoms with Gasteiger partial charge in [0.15, 0.2) is 0 Å². The Morgan fingerprint density at radius 2 is 2.00 bits per heavy atom. The molecule has 1 fully saturated rings. The zero-order valence-corrected chi connectivity index (χ0v) is 19.3. The molecule has 1 aliphatic heterocycles. The normalized spacial score (nSPS) is 16.6. The van der Waals surface area contributed by atoms with Gasteiger partial charge in [0.2, 0.25) is 11.8 Å². The van der Waals surface area contributed by atoms with Gasteiger partial charge in [-0.3, -0.25) is 24.2 Å². The van der Waals surface area contributed by atoms with Gasteiger partial charge in [-0.25, -0.2) is 0 Å². The third kappa shape index (κ3) is 5.28. The minimum atomic E-state index is -0.429. The van der Waals surface area contributed by atoms with Crippen LogP contribution in [0.1, 0.15) is 25.8 Å². The standard InChI is InChI=1S/C25H30N6O2/c1-17(2)31-12-11-27-25(33)22(31)14-23(32)28-15-18-5-4-6-20(13-18)24-21(16-30(3)29-24)19-7-9-26-10-8-19/h4-10,13,16-17,22H,11-12,14-15H2,1-3H3,(H,27,33)(H,28,32)/t22-/m0/s1. The molecule has 1 aliphatic rings. The lowest BCUT2D eigenvalue weighted by molar-refractivity contribution is -0.134. The molecule has 172 valence electrons. The number of nitrogens with one attached hydrogen (secondary N) is 2. The van der Waals surface area contributed by atoms with Crippen molar-refractivity contribution in [2.45, 2.75) is 38.9 Å². The van der Waals surface area contributed by atoms with Crippen LogP contribution in [0.2, 0.25) is 0 Å². The lowest BCUT2D eigenvalue weighted by atomic mass is 10.0. The second-order valence-corrected chi connectivity index (χ2v) is 8.62. The highest BCUT2D eigenvalue weighted by molar-refractivity contribution is 5.89. The first-order valence-electron chi connectivity index (χ1n) is 11.3. The highest BCUT2D eigenvalue weighted by Gasteiger charge is 2.32. The molecule has 1 atom stereocenters. The summed E-state index contributed by atoms with van der Waals surface area (Å²) in [7, 11) is 1.90. The van der Waals surface area contributed by atoms with Gasteiger partial charge in [0, 0.05) is 62.4 Å². The van der Waals surface area contributed by atoms with Crippen LogP contribution in [0.3, 0.4) is 0 Å². The van der Waals surface area contributed by atoms with Crippen molar-refractivity contribution in [2.24, 2.45) is 7.05 Å². The number of hydrogen-bond donors (Lipinski definition) is 2. The van der Waals surface area contributed by atoms with E-state index >= 15 is 0 Å². The number of benzene rings is 1. The topological polar surface area (TPSA) is 92.2 Å². The summed E-state index contributed by atoms with van der Waals surface area (Å²) >= 11 is 0. The first-order chi connectivity index (χ1) is 15.9. The molecule has 2 N–H and O–H groups in total. The minimum absolute atomic E-state index is 0.0779. The van der Waals surface area contributed by atoms with Crippen molar-refractivity contribution in [3.8, 4) is 22.4 Å². The van der Waals surface area contributed by atoms with Gasteiger partial charge >= 0.3 is 0 Å². The zero-order valence-electron chi connectivity index (χ0n) is 19.3. The molecule has 3 heterocycles. The number of hydrogen-bond acceptors (Lipinski definition) is 5. The fourth-order valence-corrected chi connectivity index (χ4v) is 4.28. The maximum absolute atomic E-state index is 12.7. The molecular weight excluding hydrogens is 416 g/mol. The van der Waals surface area contributed by atoms with E-state index in [4.69, 9.17) is 0 Å². The first-order valence-corrected chi connectivity index (χ1v) is 11.3. The van der Waals surface area contributed by atoms with Gasteiger partial charge in [-0.05, 0) is 43.2 Å². The number of amides is 2. The third-order valence-electron chi connectivity index (χ3n) is 5.92. The zero-order chi connectivity index (χ0) is 23.4. The Labute approximate surface area is 194 Å².